The molecule has 3 aliphatic rings. The predicted octanol–water partition coefficient (Wildman–Crippen LogP) is 2.88. The third-order valence-electron chi connectivity index (χ3n) is 6.41. The number of morpholine rings is 1. The van der Waals surface area contributed by atoms with Gasteiger partial charge in [0.2, 0.25) is 0 Å². The van der Waals surface area contributed by atoms with Crippen molar-refractivity contribution in [2.75, 3.05) is 26.3 Å². The number of halogens is 1. The fourth-order valence-corrected chi connectivity index (χ4v) is 4.07. The topological polar surface area (TPSA) is 40.2 Å². The Morgan fingerprint density at radius 3 is 2.30 bits per heavy atom. The van der Waals surface area contributed by atoms with E-state index in [1.165, 1.54) is 0 Å². The van der Waals surface area contributed by atoms with Gasteiger partial charge in [-0.1, -0.05) is 17.7 Å². The number of benzene rings is 1. The molecule has 0 radical (unpaired) electrons. The molecule has 0 amide bonds. The molecule has 7 heteroatoms. The normalized spacial score (nSPS) is 30.2. The van der Waals surface area contributed by atoms with Crippen LogP contribution in [-0.4, -0.2) is 61.7 Å². The average Bonchev–Trinajstić information content (AvgIpc) is 2.79. The fraction of sp³-hybridized carbons (Fsp3) is 0.700. The average molecular weight is 394 g/mol. The second-order valence-corrected chi connectivity index (χ2v) is 9.19. The van der Waals surface area contributed by atoms with Gasteiger partial charge in [0.05, 0.1) is 24.4 Å². The highest BCUT2D eigenvalue weighted by Gasteiger charge is 2.52. The molecular formula is C20H29BClNO4. The molecule has 4 rings (SSSR count). The third-order valence-corrected chi connectivity index (χ3v) is 6.74. The summed E-state index contributed by atoms with van der Waals surface area (Å²) in [5, 5.41) is 0.620. The highest BCUT2D eigenvalue weighted by Crippen LogP contribution is 2.37. The molecule has 148 valence electrons. The van der Waals surface area contributed by atoms with Gasteiger partial charge >= 0.3 is 7.12 Å². The van der Waals surface area contributed by atoms with Crippen LogP contribution in [0.3, 0.4) is 0 Å². The van der Waals surface area contributed by atoms with Crippen LogP contribution in [0.4, 0.5) is 0 Å². The van der Waals surface area contributed by atoms with E-state index in [4.69, 9.17) is 30.4 Å². The number of rotatable bonds is 4. The Bertz CT molecular complexity index is 671. The lowest BCUT2D eigenvalue weighted by Crippen LogP contribution is -2.52. The molecule has 2 saturated heterocycles. The zero-order chi connectivity index (χ0) is 19.2. The Hall–Kier alpha value is -0.785. The molecule has 1 aromatic rings. The summed E-state index contributed by atoms with van der Waals surface area (Å²) in [6.45, 7) is 11.9. The summed E-state index contributed by atoms with van der Waals surface area (Å²) in [6, 6.07) is 6.43. The molecule has 0 unspecified atom stereocenters. The van der Waals surface area contributed by atoms with Gasteiger partial charge in [0, 0.05) is 42.5 Å². The zero-order valence-electron chi connectivity index (χ0n) is 16.7. The Kier molecular flexibility index (Phi) is 5.23. The van der Waals surface area contributed by atoms with Gasteiger partial charge in [-0.25, -0.2) is 0 Å². The fourth-order valence-electron chi connectivity index (χ4n) is 3.81. The minimum absolute atomic E-state index is 0.261. The standard InChI is InChI=1S/C20H29BClNO4/c1-19(2)20(3,4)27-21(26-19)17-6-5-15(13-18(17)22)25-16-11-14(12-16)23-7-9-24-10-8-23/h5-6,13-14,16H,7-12H2,1-4H3. The van der Waals surface area contributed by atoms with E-state index in [1.807, 2.05) is 45.9 Å². The highest BCUT2D eigenvalue weighted by atomic mass is 35.5. The van der Waals surface area contributed by atoms with Gasteiger partial charge in [-0.2, -0.15) is 0 Å². The minimum Gasteiger partial charge on any atom is -0.490 e. The van der Waals surface area contributed by atoms with Crippen LogP contribution in [0.2, 0.25) is 5.02 Å². The summed E-state index contributed by atoms with van der Waals surface area (Å²) in [4.78, 5) is 2.51. The summed E-state index contributed by atoms with van der Waals surface area (Å²) >= 11 is 6.53. The van der Waals surface area contributed by atoms with Crippen molar-refractivity contribution in [3.8, 4) is 5.75 Å². The van der Waals surface area contributed by atoms with Crippen molar-refractivity contribution in [2.45, 2.75) is 63.9 Å². The monoisotopic (exact) mass is 393 g/mol. The van der Waals surface area contributed by atoms with E-state index in [0.29, 0.717) is 11.1 Å². The van der Waals surface area contributed by atoms with Gasteiger partial charge < -0.3 is 18.8 Å². The van der Waals surface area contributed by atoms with Crippen molar-refractivity contribution in [3.63, 3.8) is 0 Å². The maximum atomic E-state index is 6.53. The van der Waals surface area contributed by atoms with Crippen LogP contribution in [0, 0.1) is 0 Å². The highest BCUT2D eigenvalue weighted by molar-refractivity contribution is 6.65. The number of hydrogen-bond donors (Lipinski definition) is 0. The first-order chi connectivity index (χ1) is 12.7. The van der Waals surface area contributed by atoms with Crippen molar-refractivity contribution < 1.29 is 18.8 Å². The number of hydrogen-bond acceptors (Lipinski definition) is 5. The summed E-state index contributed by atoms with van der Waals surface area (Å²) in [5.74, 6) is 0.811. The van der Waals surface area contributed by atoms with Gasteiger partial charge in [0.25, 0.3) is 0 Å². The molecule has 2 aliphatic heterocycles. The molecule has 0 spiro atoms. The van der Waals surface area contributed by atoms with Crippen molar-refractivity contribution in [3.05, 3.63) is 23.2 Å². The molecule has 1 aliphatic carbocycles. The molecular weight excluding hydrogens is 364 g/mol. The Labute approximate surface area is 167 Å². The Morgan fingerprint density at radius 1 is 1.07 bits per heavy atom. The largest absolute Gasteiger partial charge is 0.496 e. The number of ether oxygens (including phenoxy) is 2. The Balaban J connectivity index is 1.34. The zero-order valence-corrected chi connectivity index (χ0v) is 17.4. The maximum absolute atomic E-state index is 6.53. The van der Waals surface area contributed by atoms with Crippen LogP contribution in [0.15, 0.2) is 18.2 Å². The smallest absolute Gasteiger partial charge is 0.490 e. The van der Waals surface area contributed by atoms with Gasteiger partial charge in [0.15, 0.2) is 0 Å². The summed E-state index contributed by atoms with van der Waals surface area (Å²) < 4.78 is 23.8. The molecule has 5 nitrogen and oxygen atoms in total. The summed E-state index contributed by atoms with van der Waals surface area (Å²) in [7, 11) is -0.453. The molecule has 0 atom stereocenters. The lowest BCUT2D eigenvalue weighted by molar-refractivity contribution is -0.0373. The van der Waals surface area contributed by atoms with Gasteiger partial charge in [0.1, 0.15) is 11.9 Å². The second kappa shape index (κ2) is 7.23. The lowest BCUT2D eigenvalue weighted by Gasteiger charge is -2.44. The van der Waals surface area contributed by atoms with Gasteiger partial charge in [-0.05, 0) is 39.8 Å². The minimum atomic E-state index is -0.453. The first-order valence-corrected chi connectivity index (χ1v) is 10.3. The molecule has 1 saturated carbocycles. The van der Waals surface area contributed by atoms with Crippen LogP contribution < -0.4 is 10.2 Å². The van der Waals surface area contributed by atoms with E-state index in [9.17, 15) is 0 Å². The van der Waals surface area contributed by atoms with Gasteiger partial charge in [-0.15, -0.1) is 0 Å². The van der Waals surface area contributed by atoms with Crippen molar-refractivity contribution in [1.29, 1.82) is 0 Å². The molecule has 3 fully saturated rings. The van der Waals surface area contributed by atoms with E-state index < -0.39 is 7.12 Å². The summed E-state index contributed by atoms with van der Waals surface area (Å²) in [5.41, 5.74) is 0.0928. The molecule has 1 aromatic carbocycles. The lowest BCUT2D eigenvalue weighted by atomic mass is 9.79. The van der Waals surface area contributed by atoms with Crippen LogP contribution in [0.25, 0.3) is 0 Å². The molecule has 2 heterocycles. The van der Waals surface area contributed by atoms with E-state index in [2.05, 4.69) is 4.90 Å². The predicted molar refractivity (Wildman–Crippen MR) is 107 cm³/mol. The molecule has 0 N–H and O–H groups in total. The van der Waals surface area contributed by atoms with E-state index in [0.717, 1.165) is 50.4 Å². The van der Waals surface area contributed by atoms with Crippen LogP contribution >= 0.6 is 11.6 Å². The Morgan fingerprint density at radius 2 is 1.70 bits per heavy atom. The van der Waals surface area contributed by atoms with E-state index in [-0.39, 0.29) is 17.3 Å². The van der Waals surface area contributed by atoms with Crippen LogP contribution in [0.5, 0.6) is 5.75 Å². The van der Waals surface area contributed by atoms with Crippen LogP contribution in [0.1, 0.15) is 40.5 Å². The molecule has 0 bridgehead atoms. The summed E-state index contributed by atoms with van der Waals surface area (Å²) in [6.07, 6.45) is 2.39. The van der Waals surface area contributed by atoms with Gasteiger partial charge in [-0.3, -0.25) is 4.90 Å². The molecule has 27 heavy (non-hydrogen) atoms. The quantitative estimate of drug-likeness (QED) is 0.736. The third kappa shape index (κ3) is 3.88. The maximum Gasteiger partial charge on any atom is 0.496 e. The first kappa shape index (κ1) is 19.5. The SMILES string of the molecule is CC1(C)OB(c2ccc(OC3CC(N4CCOCC4)C3)cc2Cl)OC1(C)C. The first-order valence-electron chi connectivity index (χ1n) is 9.89. The van der Waals surface area contributed by atoms with E-state index >= 15 is 0 Å². The number of nitrogens with zero attached hydrogens (tertiary/aromatic N) is 1. The van der Waals surface area contributed by atoms with Crippen molar-refractivity contribution in [2.24, 2.45) is 0 Å². The van der Waals surface area contributed by atoms with E-state index in [1.54, 1.807) is 0 Å². The van der Waals surface area contributed by atoms with Crippen molar-refractivity contribution >= 4 is 24.2 Å². The van der Waals surface area contributed by atoms with Crippen LogP contribution in [-0.2, 0) is 14.0 Å². The second-order valence-electron chi connectivity index (χ2n) is 8.78. The van der Waals surface area contributed by atoms with Crippen molar-refractivity contribution in [1.82, 2.24) is 4.90 Å². The molecule has 0 aromatic heterocycles.